The topological polar surface area (TPSA) is 79.5 Å². The summed E-state index contributed by atoms with van der Waals surface area (Å²) < 4.78 is 5.10. The fourth-order valence-corrected chi connectivity index (χ4v) is 2.37. The molecule has 1 N–H and O–H groups in total. The molecular formula is C18H20N2O4. The Balaban J connectivity index is 2.15. The van der Waals surface area contributed by atoms with E-state index in [0.717, 1.165) is 5.57 Å². The Morgan fingerprint density at radius 1 is 1.29 bits per heavy atom. The molecule has 0 aliphatic rings. The van der Waals surface area contributed by atoms with Gasteiger partial charge < -0.3 is 14.6 Å². The molecule has 0 atom stereocenters. The van der Waals surface area contributed by atoms with Crippen molar-refractivity contribution in [2.45, 2.75) is 13.8 Å². The maximum Gasteiger partial charge on any atom is 0.339 e. The third-order valence-electron chi connectivity index (χ3n) is 3.49. The summed E-state index contributed by atoms with van der Waals surface area (Å²) in [6, 6.07) is 8.11. The molecule has 0 radical (unpaired) electrons. The van der Waals surface area contributed by atoms with Crippen LogP contribution in [0.15, 0.2) is 47.3 Å². The highest BCUT2D eigenvalue weighted by molar-refractivity contribution is 6.03. The third kappa shape index (κ3) is 4.10. The third-order valence-corrected chi connectivity index (χ3v) is 3.49. The second-order valence-corrected chi connectivity index (χ2v) is 5.53. The lowest BCUT2D eigenvalue weighted by Gasteiger charge is -2.20. The first-order valence-corrected chi connectivity index (χ1v) is 7.63. The number of carbonyl (C=O) groups excluding carboxylic acids is 2. The Bertz CT molecular complexity index is 838. The molecule has 6 heteroatoms. The van der Waals surface area contributed by atoms with Gasteiger partial charge in [0.1, 0.15) is 0 Å². The number of carbonyl (C=O) groups is 2. The molecule has 0 aliphatic heterocycles. The number of H-pyrrole nitrogens is 1. The number of ether oxygens (including phenoxy) is 1. The summed E-state index contributed by atoms with van der Waals surface area (Å²) >= 11 is 0. The molecule has 0 saturated carbocycles. The second-order valence-electron chi connectivity index (χ2n) is 5.53. The van der Waals surface area contributed by atoms with E-state index in [4.69, 9.17) is 4.74 Å². The quantitative estimate of drug-likeness (QED) is 0.650. The fourth-order valence-electron chi connectivity index (χ4n) is 2.37. The standard InChI is InChI=1S/C18H20N2O4/c1-4-20(10-12(2)3)17(22)11-24-18(23)14-9-16(21)19-15-8-6-5-7-13(14)15/h5-9H,2,4,10-11H2,1,3H3,(H,19,21). The Hall–Kier alpha value is -2.89. The van der Waals surface area contributed by atoms with E-state index in [-0.39, 0.29) is 18.1 Å². The van der Waals surface area contributed by atoms with Crippen molar-refractivity contribution in [1.29, 1.82) is 0 Å². The molecule has 0 saturated heterocycles. The van der Waals surface area contributed by atoms with Crippen LogP contribution in [0.5, 0.6) is 0 Å². The first kappa shape index (κ1) is 17.5. The molecule has 0 aliphatic carbocycles. The number of pyridine rings is 1. The molecule has 0 fully saturated rings. The van der Waals surface area contributed by atoms with Gasteiger partial charge in [-0.1, -0.05) is 30.4 Å². The van der Waals surface area contributed by atoms with Gasteiger partial charge in [0, 0.05) is 30.1 Å². The number of aromatic nitrogens is 1. The van der Waals surface area contributed by atoms with E-state index in [0.29, 0.717) is 24.0 Å². The largest absolute Gasteiger partial charge is 0.452 e. The van der Waals surface area contributed by atoms with Gasteiger partial charge in [-0.2, -0.15) is 0 Å². The number of likely N-dealkylation sites (N-methyl/N-ethyl adjacent to an activating group) is 1. The number of amides is 1. The average molecular weight is 328 g/mol. The molecule has 126 valence electrons. The van der Waals surface area contributed by atoms with Crippen LogP contribution < -0.4 is 5.56 Å². The Morgan fingerprint density at radius 2 is 2.00 bits per heavy atom. The maximum atomic E-state index is 12.3. The van der Waals surface area contributed by atoms with E-state index in [2.05, 4.69) is 11.6 Å². The zero-order chi connectivity index (χ0) is 17.7. The van der Waals surface area contributed by atoms with Crippen molar-refractivity contribution in [2.75, 3.05) is 19.7 Å². The van der Waals surface area contributed by atoms with Gasteiger partial charge in [0.05, 0.1) is 5.56 Å². The van der Waals surface area contributed by atoms with Crippen LogP contribution >= 0.6 is 0 Å². The molecule has 1 aromatic heterocycles. The number of benzene rings is 1. The number of nitrogens with one attached hydrogen (secondary N) is 1. The SMILES string of the molecule is C=C(C)CN(CC)C(=O)COC(=O)c1cc(=O)[nH]c2ccccc12. The number of fused-ring (bicyclic) bond motifs is 1. The van der Waals surface area contributed by atoms with Crippen molar-refractivity contribution in [3.63, 3.8) is 0 Å². The lowest BCUT2D eigenvalue weighted by Crippen LogP contribution is -2.35. The lowest BCUT2D eigenvalue weighted by atomic mass is 10.1. The van der Waals surface area contributed by atoms with E-state index in [1.54, 1.807) is 29.2 Å². The monoisotopic (exact) mass is 328 g/mol. The van der Waals surface area contributed by atoms with Crippen molar-refractivity contribution in [1.82, 2.24) is 9.88 Å². The normalized spacial score (nSPS) is 10.4. The zero-order valence-corrected chi connectivity index (χ0v) is 13.8. The van der Waals surface area contributed by atoms with Crippen LogP contribution in [0, 0.1) is 0 Å². The summed E-state index contributed by atoms with van der Waals surface area (Å²) in [5.41, 5.74) is 1.13. The van der Waals surface area contributed by atoms with Crippen molar-refractivity contribution in [2.24, 2.45) is 0 Å². The molecule has 6 nitrogen and oxygen atoms in total. The number of aromatic amines is 1. The summed E-state index contributed by atoms with van der Waals surface area (Å²) in [5, 5.41) is 0.573. The minimum absolute atomic E-state index is 0.144. The van der Waals surface area contributed by atoms with Crippen molar-refractivity contribution in [3.05, 3.63) is 58.4 Å². The second kappa shape index (κ2) is 7.59. The molecule has 0 unspecified atom stereocenters. The highest BCUT2D eigenvalue weighted by atomic mass is 16.5. The highest BCUT2D eigenvalue weighted by Gasteiger charge is 2.17. The molecule has 0 spiro atoms. The van der Waals surface area contributed by atoms with E-state index in [1.807, 2.05) is 13.8 Å². The van der Waals surface area contributed by atoms with E-state index >= 15 is 0 Å². The van der Waals surface area contributed by atoms with E-state index in [1.165, 1.54) is 6.07 Å². The number of rotatable bonds is 6. The van der Waals surface area contributed by atoms with Crippen LogP contribution in [0.1, 0.15) is 24.2 Å². The van der Waals surface area contributed by atoms with E-state index < -0.39 is 11.5 Å². The number of hydrogen-bond donors (Lipinski definition) is 1. The molecule has 1 aromatic carbocycles. The first-order valence-electron chi connectivity index (χ1n) is 7.63. The van der Waals surface area contributed by atoms with Gasteiger partial charge in [-0.15, -0.1) is 0 Å². The van der Waals surface area contributed by atoms with Crippen LogP contribution in [0.3, 0.4) is 0 Å². The summed E-state index contributed by atoms with van der Waals surface area (Å²) in [6.45, 7) is 7.98. The van der Waals surface area contributed by atoms with Crippen molar-refractivity contribution in [3.8, 4) is 0 Å². The minimum atomic E-state index is -0.697. The van der Waals surface area contributed by atoms with Crippen LogP contribution in [-0.4, -0.2) is 41.5 Å². The smallest absolute Gasteiger partial charge is 0.339 e. The summed E-state index contributed by atoms with van der Waals surface area (Å²) in [6.07, 6.45) is 0. The summed E-state index contributed by atoms with van der Waals surface area (Å²) in [5.74, 6) is -1.000. The number of nitrogens with zero attached hydrogens (tertiary/aromatic N) is 1. The zero-order valence-electron chi connectivity index (χ0n) is 13.8. The highest BCUT2D eigenvalue weighted by Crippen LogP contribution is 2.15. The van der Waals surface area contributed by atoms with Gasteiger partial charge >= 0.3 is 5.97 Å². The predicted molar refractivity (Wildman–Crippen MR) is 91.9 cm³/mol. The van der Waals surface area contributed by atoms with Crippen LogP contribution in [0.4, 0.5) is 0 Å². The molecule has 2 aromatic rings. The average Bonchev–Trinajstić information content (AvgIpc) is 2.56. The first-order chi connectivity index (χ1) is 11.4. The van der Waals surface area contributed by atoms with Crippen LogP contribution in [0.25, 0.3) is 10.9 Å². The molecule has 1 amide bonds. The molecule has 24 heavy (non-hydrogen) atoms. The lowest BCUT2D eigenvalue weighted by molar-refractivity contribution is -0.133. The Morgan fingerprint density at radius 3 is 2.67 bits per heavy atom. The molecule has 0 bridgehead atoms. The molecular weight excluding hydrogens is 308 g/mol. The molecule has 2 rings (SSSR count). The van der Waals surface area contributed by atoms with Gasteiger partial charge in [-0.3, -0.25) is 9.59 Å². The van der Waals surface area contributed by atoms with Gasteiger partial charge in [0.2, 0.25) is 5.56 Å². The minimum Gasteiger partial charge on any atom is -0.452 e. The summed E-state index contributed by atoms with van der Waals surface area (Å²) in [4.78, 5) is 40.3. The molecule has 1 heterocycles. The fraction of sp³-hybridized carbons (Fsp3) is 0.278. The van der Waals surface area contributed by atoms with Gasteiger partial charge in [0.15, 0.2) is 6.61 Å². The van der Waals surface area contributed by atoms with Crippen LogP contribution in [-0.2, 0) is 9.53 Å². The Labute approximate surface area is 139 Å². The number of esters is 1. The van der Waals surface area contributed by atoms with E-state index in [9.17, 15) is 14.4 Å². The number of para-hydroxylation sites is 1. The maximum absolute atomic E-state index is 12.3. The number of hydrogen-bond acceptors (Lipinski definition) is 4. The van der Waals surface area contributed by atoms with Gasteiger partial charge in [0.25, 0.3) is 5.91 Å². The van der Waals surface area contributed by atoms with Gasteiger partial charge in [-0.25, -0.2) is 4.79 Å². The van der Waals surface area contributed by atoms with Crippen molar-refractivity contribution < 1.29 is 14.3 Å². The van der Waals surface area contributed by atoms with Gasteiger partial charge in [-0.05, 0) is 19.9 Å². The Kier molecular flexibility index (Phi) is 5.52. The van der Waals surface area contributed by atoms with Crippen molar-refractivity contribution >= 4 is 22.8 Å². The van der Waals surface area contributed by atoms with Crippen LogP contribution in [0.2, 0.25) is 0 Å². The summed E-state index contributed by atoms with van der Waals surface area (Å²) in [7, 11) is 0. The predicted octanol–water partition coefficient (Wildman–Crippen LogP) is 2.11.